The molecule has 0 aromatic carbocycles. The Balaban J connectivity index is 5.06. The van der Waals surface area contributed by atoms with Crippen LogP contribution in [0.1, 0.15) is 60.3 Å². The van der Waals surface area contributed by atoms with E-state index in [1.807, 2.05) is 32.6 Å². The Morgan fingerprint density at radius 3 is 1.90 bits per heavy atom. The quantitative estimate of drug-likeness (QED) is 0.708. The molecule has 0 aliphatic heterocycles. The topological polar surface area (TPSA) is 60.9 Å². The molecule has 118 valence electrons. The fourth-order valence-corrected chi connectivity index (χ4v) is 2.00. The molecule has 0 aliphatic carbocycles. The molecular weight excluding hydrogens is 256 g/mol. The van der Waals surface area contributed by atoms with Crippen molar-refractivity contribution in [3.63, 3.8) is 0 Å². The normalized spacial score (nSPS) is 13.7. The Morgan fingerprint density at radius 1 is 1.00 bits per heavy atom. The predicted octanol–water partition coefficient (Wildman–Crippen LogP) is 3.19. The summed E-state index contributed by atoms with van der Waals surface area (Å²) in [7, 11) is 0. The summed E-state index contributed by atoms with van der Waals surface area (Å²) in [6.07, 6.45) is 3.58. The molecule has 0 bridgehead atoms. The van der Waals surface area contributed by atoms with Crippen LogP contribution in [0.15, 0.2) is 0 Å². The van der Waals surface area contributed by atoms with Crippen molar-refractivity contribution in [1.82, 2.24) is 9.80 Å². The fraction of sp³-hybridized carbons (Fsp3) is 0.867. The third-order valence-electron chi connectivity index (χ3n) is 3.80. The van der Waals surface area contributed by atoms with Crippen molar-refractivity contribution >= 4 is 12.0 Å². The molecule has 2 atom stereocenters. The molecule has 5 nitrogen and oxygen atoms in total. The van der Waals surface area contributed by atoms with Gasteiger partial charge in [-0.25, -0.2) is 4.79 Å². The van der Waals surface area contributed by atoms with Crippen LogP contribution in [0.5, 0.6) is 0 Å². The maximum Gasteiger partial charge on any atom is 0.323 e. The number of unbranched alkanes of at least 4 members (excludes halogenated alkanes) is 1. The monoisotopic (exact) mass is 286 g/mol. The first-order valence-corrected chi connectivity index (χ1v) is 7.67. The lowest BCUT2D eigenvalue weighted by atomic mass is 10.2. The van der Waals surface area contributed by atoms with Crippen LogP contribution in [0.3, 0.4) is 0 Å². The highest BCUT2D eigenvalue weighted by atomic mass is 16.4. The van der Waals surface area contributed by atoms with Crippen LogP contribution in [0.25, 0.3) is 0 Å². The van der Waals surface area contributed by atoms with Crippen molar-refractivity contribution in [2.75, 3.05) is 13.1 Å². The second-order valence-corrected chi connectivity index (χ2v) is 5.37. The lowest BCUT2D eigenvalue weighted by Gasteiger charge is -2.36. The maximum absolute atomic E-state index is 12.7. The van der Waals surface area contributed by atoms with Crippen molar-refractivity contribution in [2.24, 2.45) is 0 Å². The Hall–Kier alpha value is -1.26. The first-order valence-electron chi connectivity index (χ1n) is 7.67. The summed E-state index contributed by atoms with van der Waals surface area (Å²) in [4.78, 5) is 27.0. The standard InChI is InChI=1S/C15H30N2O3/c1-6-9-10-16(12(4)7-2)15(20)17(11-14(18)19)13(5)8-3/h12-13H,6-11H2,1-5H3,(H,18,19). The Kier molecular flexibility index (Phi) is 9.01. The molecule has 0 fully saturated rings. The smallest absolute Gasteiger partial charge is 0.323 e. The van der Waals surface area contributed by atoms with Crippen LogP contribution in [0.2, 0.25) is 0 Å². The van der Waals surface area contributed by atoms with Gasteiger partial charge in [-0.05, 0) is 33.1 Å². The highest BCUT2D eigenvalue weighted by Crippen LogP contribution is 2.13. The van der Waals surface area contributed by atoms with E-state index in [0.29, 0.717) is 6.54 Å². The van der Waals surface area contributed by atoms with E-state index in [-0.39, 0.29) is 24.7 Å². The van der Waals surface area contributed by atoms with E-state index in [9.17, 15) is 9.59 Å². The average molecular weight is 286 g/mol. The van der Waals surface area contributed by atoms with Crippen LogP contribution in [-0.2, 0) is 4.79 Å². The third-order valence-corrected chi connectivity index (χ3v) is 3.80. The van der Waals surface area contributed by atoms with Crippen LogP contribution in [-0.4, -0.2) is 52.1 Å². The van der Waals surface area contributed by atoms with Gasteiger partial charge in [0.15, 0.2) is 0 Å². The number of carbonyl (C=O) groups excluding carboxylic acids is 1. The van der Waals surface area contributed by atoms with Gasteiger partial charge in [0.05, 0.1) is 0 Å². The average Bonchev–Trinajstić information content (AvgIpc) is 2.43. The van der Waals surface area contributed by atoms with Gasteiger partial charge in [-0.3, -0.25) is 4.79 Å². The maximum atomic E-state index is 12.7. The van der Waals surface area contributed by atoms with Crippen LogP contribution < -0.4 is 0 Å². The van der Waals surface area contributed by atoms with Crippen molar-refractivity contribution in [2.45, 2.75) is 72.4 Å². The van der Waals surface area contributed by atoms with Gasteiger partial charge >= 0.3 is 12.0 Å². The van der Waals surface area contributed by atoms with Gasteiger partial charge in [-0.1, -0.05) is 27.2 Å². The number of carboxylic acids is 1. The number of hydrogen-bond acceptors (Lipinski definition) is 2. The van der Waals surface area contributed by atoms with Crippen LogP contribution >= 0.6 is 0 Å². The van der Waals surface area contributed by atoms with E-state index in [1.54, 1.807) is 0 Å². The van der Waals surface area contributed by atoms with Crippen LogP contribution in [0, 0.1) is 0 Å². The zero-order valence-corrected chi connectivity index (χ0v) is 13.6. The molecule has 0 spiro atoms. The minimum atomic E-state index is -0.960. The summed E-state index contributed by atoms with van der Waals surface area (Å²) >= 11 is 0. The minimum absolute atomic E-state index is 0.0632. The zero-order valence-electron chi connectivity index (χ0n) is 13.6. The molecule has 0 aromatic heterocycles. The molecule has 1 N–H and O–H groups in total. The molecule has 2 unspecified atom stereocenters. The molecule has 2 amide bonds. The van der Waals surface area contributed by atoms with E-state index < -0.39 is 5.97 Å². The first kappa shape index (κ1) is 18.7. The lowest BCUT2D eigenvalue weighted by Crippen LogP contribution is -2.52. The highest BCUT2D eigenvalue weighted by molar-refractivity contribution is 5.80. The lowest BCUT2D eigenvalue weighted by molar-refractivity contribution is -0.138. The first-order chi connectivity index (χ1) is 9.38. The Morgan fingerprint density at radius 2 is 1.50 bits per heavy atom. The minimum Gasteiger partial charge on any atom is -0.480 e. The van der Waals surface area contributed by atoms with Gasteiger partial charge in [-0.2, -0.15) is 0 Å². The molecule has 0 saturated carbocycles. The summed E-state index contributed by atoms with van der Waals surface area (Å²) in [5.74, 6) is -0.960. The van der Waals surface area contributed by atoms with Crippen molar-refractivity contribution in [3.05, 3.63) is 0 Å². The number of carbonyl (C=O) groups is 2. The predicted molar refractivity (Wildman–Crippen MR) is 80.9 cm³/mol. The van der Waals surface area contributed by atoms with Gasteiger partial charge in [0.1, 0.15) is 6.54 Å². The summed E-state index contributed by atoms with van der Waals surface area (Å²) in [6, 6.07) is -0.0780. The number of nitrogens with zero attached hydrogens (tertiary/aromatic N) is 2. The number of hydrogen-bond donors (Lipinski definition) is 1. The highest BCUT2D eigenvalue weighted by Gasteiger charge is 2.28. The van der Waals surface area contributed by atoms with E-state index in [2.05, 4.69) is 6.92 Å². The third kappa shape index (κ3) is 5.80. The molecule has 0 radical (unpaired) electrons. The van der Waals surface area contributed by atoms with Crippen molar-refractivity contribution in [3.8, 4) is 0 Å². The molecule has 0 aromatic rings. The van der Waals surface area contributed by atoms with Crippen molar-refractivity contribution < 1.29 is 14.7 Å². The second-order valence-electron chi connectivity index (χ2n) is 5.37. The molecular formula is C15H30N2O3. The summed E-state index contributed by atoms with van der Waals surface area (Å²) in [5, 5.41) is 9.02. The SMILES string of the molecule is CCCCN(C(=O)N(CC(=O)O)C(C)CC)C(C)CC. The van der Waals surface area contributed by atoms with Gasteiger partial charge in [0.25, 0.3) is 0 Å². The fourth-order valence-electron chi connectivity index (χ4n) is 2.00. The number of amides is 2. The zero-order chi connectivity index (χ0) is 15.7. The van der Waals surface area contributed by atoms with E-state index in [1.165, 1.54) is 4.90 Å². The van der Waals surface area contributed by atoms with Crippen LogP contribution in [0.4, 0.5) is 4.79 Å². The van der Waals surface area contributed by atoms with Gasteiger partial charge in [-0.15, -0.1) is 0 Å². The molecule has 0 aliphatic rings. The Labute approximate surface area is 122 Å². The van der Waals surface area contributed by atoms with E-state index >= 15 is 0 Å². The largest absolute Gasteiger partial charge is 0.480 e. The Bertz CT molecular complexity index is 307. The number of urea groups is 1. The summed E-state index contributed by atoms with van der Waals surface area (Å²) < 4.78 is 0. The molecule has 20 heavy (non-hydrogen) atoms. The number of rotatable bonds is 9. The van der Waals surface area contributed by atoms with E-state index in [0.717, 1.165) is 25.7 Å². The molecule has 0 heterocycles. The number of carboxylic acid groups (broad SMARTS) is 1. The van der Waals surface area contributed by atoms with Gasteiger partial charge in [0.2, 0.25) is 0 Å². The van der Waals surface area contributed by atoms with Crippen molar-refractivity contribution in [1.29, 1.82) is 0 Å². The van der Waals surface area contributed by atoms with Gasteiger partial charge < -0.3 is 14.9 Å². The second kappa shape index (κ2) is 9.61. The molecule has 0 saturated heterocycles. The van der Waals surface area contributed by atoms with Gasteiger partial charge in [0, 0.05) is 18.6 Å². The molecule has 5 heteroatoms. The number of aliphatic carboxylic acids is 1. The molecule has 0 rings (SSSR count). The summed E-state index contributed by atoms with van der Waals surface area (Å²) in [5.41, 5.74) is 0. The summed E-state index contributed by atoms with van der Waals surface area (Å²) in [6.45, 7) is 10.5. The van der Waals surface area contributed by atoms with E-state index in [4.69, 9.17) is 5.11 Å².